The molecule has 0 saturated heterocycles. The number of nitrogens with one attached hydrogen (secondary N) is 1. The standard InChI is InChI=1S/C17H21N3O.2ClH/c1-12(2)16(14-6-4-8-19-10-14)11-20-17(21)13-5-3-7-15(18)9-13;;/h3-10,12,16H,11,18H2,1-2H3,(H,20,21);2*1H. The minimum absolute atomic E-state index is 0. The number of nitrogen functional groups attached to an aromatic ring is 1. The van der Waals surface area contributed by atoms with E-state index >= 15 is 0 Å². The Labute approximate surface area is 149 Å². The number of pyridine rings is 1. The number of aromatic nitrogens is 1. The van der Waals surface area contributed by atoms with E-state index in [1.165, 1.54) is 0 Å². The van der Waals surface area contributed by atoms with Crippen LogP contribution in [0.1, 0.15) is 35.7 Å². The van der Waals surface area contributed by atoms with Gasteiger partial charge in [-0.15, -0.1) is 24.8 Å². The molecule has 0 saturated carbocycles. The van der Waals surface area contributed by atoms with Gasteiger partial charge in [0.25, 0.3) is 5.91 Å². The van der Waals surface area contributed by atoms with Gasteiger partial charge < -0.3 is 11.1 Å². The summed E-state index contributed by atoms with van der Waals surface area (Å²) in [4.78, 5) is 16.3. The lowest BCUT2D eigenvalue weighted by Gasteiger charge is -2.21. The number of carbonyl (C=O) groups excluding carboxylic acids is 1. The number of nitrogens with zero attached hydrogens (tertiary/aromatic N) is 1. The Morgan fingerprint density at radius 2 is 1.96 bits per heavy atom. The van der Waals surface area contributed by atoms with Crippen molar-refractivity contribution in [1.82, 2.24) is 10.3 Å². The van der Waals surface area contributed by atoms with Gasteiger partial charge in [-0.3, -0.25) is 9.78 Å². The van der Waals surface area contributed by atoms with Crippen molar-refractivity contribution < 1.29 is 4.79 Å². The molecular weight excluding hydrogens is 333 g/mol. The lowest BCUT2D eigenvalue weighted by Crippen LogP contribution is -2.30. The Morgan fingerprint density at radius 3 is 2.52 bits per heavy atom. The zero-order chi connectivity index (χ0) is 15.2. The molecule has 0 aliphatic carbocycles. The van der Waals surface area contributed by atoms with E-state index in [0.717, 1.165) is 5.56 Å². The molecule has 1 atom stereocenters. The predicted molar refractivity (Wildman–Crippen MR) is 99.5 cm³/mol. The fourth-order valence-corrected chi connectivity index (χ4v) is 2.32. The molecule has 3 N–H and O–H groups in total. The predicted octanol–water partition coefficient (Wildman–Crippen LogP) is 3.68. The number of anilines is 1. The summed E-state index contributed by atoms with van der Waals surface area (Å²) in [5.74, 6) is 0.552. The van der Waals surface area contributed by atoms with Crippen LogP contribution in [-0.4, -0.2) is 17.4 Å². The van der Waals surface area contributed by atoms with Gasteiger partial charge in [0.15, 0.2) is 0 Å². The maximum Gasteiger partial charge on any atom is 0.251 e. The summed E-state index contributed by atoms with van der Waals surface area (Å²) in [6.45, 7) is 4.87. The minimum atomic E-state index is -0.100. The SMILES string of the molecule is CC(C)C(CNC(=O)c1cccc(N)c1)c1cccnc1.Cl.Cl. The van der Waals surface area contributed by atoms with Crippen LogP contribution in [0.5, 0.6) is 0 Å². The summed E-state index contributed by atoms with van der Waals surface area (Å²) < 4.78 is 0. The summed E-state index contributed by atoms with van der Waals surface area (Å²) in [6.07, 6.45) is 3.61. The van der Waals surface area contributed by atoms with E-state index in [4.69, 9.17) is 5.73 Å². The van der Waals surface area contributed by atoms with E-state index in [2.05, 4.69) is 24.1 Å². The highest BCUT2D eigenvalue weighted by Crippen LogP contribution is 2.22. The van der Waals surface area contributed by atoms with Crippen molar-refractivity contribution in [3.8, 4) is 0 Å². The van der Waals surface area contributed by atoms with E-state index in [0.29, 0.717) is 23.7 Å². The van der Waals surface area contributed by atoms with Gasteiger partial charge in [0.1, 0.15) is 0 Å². The van der Waals surface area contributed by atoms with Crippen LogP contribution in [0.15, 0.2) is 48.8 Å². The Kier molecular flexibility index (Phi) is 9.30. The number of hydrogen-bond donors (Lipinski definition) is 2. The molecule has 4 nitrogen and oxygen atoms in total. The molecule has 1 amide bonds. The van der Waals surface area contributed by atoms with Crippen molar-refractivity contribution in [2.75, 3.05) is 12.3 Å². The molecule has 6 heteroatoms. The van der Waals surface area contributed by atoms with E-state index in [1.54, 1.807) is 30.5 Å². The number of halogens is 2. The average Bonchev–Trinajstić information content (AvgIpc) is 2.48. The topological polar surface area (TPSA) is 68.0 Å². The maximum atomic E-state index is 12.2. The van der Waals surface area contributed by atoms with Crippen molar-refractivity contribution in [1.29, 1.82) is 0 Å². The largest absolute Gasteiger partial charge is 0.399 e. The molecule has 0 bridgehead atoms. The lowest BCUT2D eigenvalue weighted by molar-refractivity contribution is 0.0949. The van der Waals surface area contributed by atoms with Crippen LogP contribution < -0.4 is 11.1 Å². The maximum absolute atomic E-state index is 12.2. The molecule has 1 aromatic heterocycles. The van der Waals surface area contributed by atoms with Crippen LogP contribution >= 0.6 is 24.8 Å². The van der Waals surface area contributed by atoms with Crippen molar-refractivity contribution >= 4 is 36.4 Å². The molecule has 1 aromatic carbocycles. The number of benzene rings is 1. The molecule has 0 fully saturated rings. The van der Waals surface area contributed by atoms with Gasteiger partial charge in [-0.2, -0.15) is 0 Å². The summed E-state index contributed by atoms with van der Waals surface area (Å²) in [6, 6.07) is 11.0. The molecule has 0 aliphatic heterocycles. The normalized spacial score (nSPS) is 11.1. The first-order valence-electron chi connectivity index (χ1n) is 7.11. The van der Waals surface area contributed by atoms with E-state index in [-0.39, 0.29) is 36.6 Å². The van der Waals surface area contributed by atoms with Gasteiger partial charge >= 0.3 is 0 Å². The Hall–Kier alpha value is -1.78. The first-order valence-corrected chi connectivity index (χ1v) is 7.11. The average molecular weight is 356 g/mol. The zero-order valence-corrected chi connectivity index (χ0v) is 14.9. The third-order valence-corrected chi connectivity index (χ3v) is 3.55. The molecule has 2 aromatic rings. The molecule has 1 heterocycles. The van der Waals surface area contributed by atoms with Crippen LogP contribution in [-0.2, 0) is 0 Å². The van der Waals surface area contributed by atoms with Crippen LogP contribution in [0.25, 0.3) is 0 Å². The molecular formula is C17H23Cl2N3O. The number of rotatable bonds is 5. The van der Waals surface area contributed by atoms with Crippen LogP contribution in [0, 0.1) is 5.92 Å². The third-order valence-electron chi connectivity index (χ3n) is 3.55. The van der Waals surface area contributed by atoms with E-state index < -0.39 is 0 Å². The summed E-state index contributed by atoms with van der Waals surface area (Å²) in [5, 5.41) is 2.98. The molecule has 23 heavy (non-hydrogen) atoms. The van der Waals surface area contributed by atoms with E-state index in [9.17, 15) is 4.79 Å². The Balaban J connectivity index is 0.00000242. The summed E-state index contributed by atoms with van der Waals surface area (Å²) >= 11 is 0. The Morgan fingerprint density at radius 1 is 1.22 bits per heavy atom. The lowest BCUT2D eigenvalue weighted by atomic mass is 9.89. The molecule has 2 rings (SSSR count). The molecule has 0 spiro atoms. The van der Waals surface area contributed by atoms with Crippen molar-refractivity contribution in [3.63, 3.8) is 0 Å². The second-order valence-corrected chi connectivity index (χ2v) is 5.47. The molecule has 0 radical (unpaired) electrons. The fourth-order valence-electron chi connectivity index (χ4n) is 2.32. The van der Waals surface area contributed by atoms with Crippen LogP contribution in [0.4, 0.5) is 5.69 Å². The van der Waals surface area contributed by atoms with Gasteiger partial charge in [-0.05, 0) is 35.7 Å². The summed E-state index contributed by atoms with van der Waals surface area (Å²) in [7, 11) is 0. The van der Waals surface area contributed by atoms with Crippen LogP contribution in [0.3, 0.4) is 0 Å². The van der Waals surface area contributed by atoms with E-state index in [1.807, 2.05) is 18.3 Å². The molecule has 1 unspecified atom stereocenters. The van der Waals surface area contributed by atoms with Gasteiger partial charge in [-0.25, -0.2) is 0 Å². The molecule has 0 aliphatic rings. The highest BCUT2D eigenvalue weighted by Gasteiger charge is 2.17. The highest BCUT2D eigenvalue weighted by molar-refractivity contribution is 5.95. The van der Waals surface area contributed by atoms with Gasteiger partial charge in [0.05, 0.1) is 0 Å². The number of amides is 1. The second-order valence-electron chi connectivity index (χ2n) is 5.47. The van der Waals surface area contributed by atoms with Gasteiger partial charge in [0.2, 0.25) is 0 Å². The first kappa shape index (κ1) is 21.2. The van der Waals surface area contributed by atoms with Gasteiger partial charge in [0, 0.05) is 36.1 Å². The zero-order valence-electron chi connectivity index (χ0n) is 13.2. The smallest absolute Gasteiger partial charge is 0.251 e. The van der Waals surface area contributed by atoms with Crippen molar-refractivity contribution in [2.24, 2.45) is 5.92 Å². The first-order chi connectivity index (χ1) is 10.1. The van der Waals surface area contributed by atoms with Crippen molar-refractivity contribution in [2.45, 2.75) is 19.8 Å². The van der Waals surface area contributed by atoms with Crippen LogP contribution in [0.2, 0.25) is 0 Å². The third kappa shape index (κ3) is 6.08. The monoisotopic (exact) mass is 355 g/mol. The Bertz CT molecular complexity index is 606. The quantitative estimate of drug-likeness (QED) is 0.803. The minimum Gasteiger partial charge on any atom is -0.399 e. The van der Waals surface area contributed by atoms with Crippen molar-refractivity contribution in [3.05, 3.63) is 59.9 Å². The number of carbonyl (C=O) groups is 1. The van der Waals surface area contributed by atoms with Gasteiger partial charge in [-0.1, -0.05) is 26.0 Å². The summed E-state index contributed by atoms with van der Waals surface area (Å²) in [5.41, 5.74) is 8.02. The number of nitrogens with two attached hydrogens (primary N) is 1. The molecule has 126 valence electrons. The fraction of sp³-hybridized carbons (Fsp3) is 0.294. The highest BCUT2D eigenvalue weighted by atomic mass is 35.5. The number of hydrogen-bond acceptors (Lipinski definition) is 3. The second kappa shape index (κ2) is 10.1.